The number of ether oxygens (including phenoxy) is 2. The quantitative estimate of drug-likeness (QED) is 0.585. The molecular weight excluding hydrogens is 394 g/mol. The number of primary amides is 1. The van der Waals surface area contributed by atoms with E-state index in [1.54, 1.807) is 36.4 Å². The molecule has 1 aromatic heterocycles. The summed E-state index contributed by atoms with van der Waals surface area (Å²) < 4.78 is 38.3. The molecule has 0 saturated heterocycles. The van der Waals surface area contributed by atoms with E-state index in [4.69, 9.17) is 15.2 Å². The van der Waals surface area contributed by atoms with Crippen LogP contribution in [0.3, 0.4) is 0 Å². The van der Waals surface area contributed by atoms with Crippen LogP contribution in [0, 0.1) is 0 Å². The molecule has 0 fully saturated rings. The molecule has 0 aliphatic rings. The molecule has 0 aliphatic carbocycles. The van der Waals surface area contributed by atoms with Gasteiger partial charge < -0.3 is 15.2 Å². The lowest BCUT2D eigenvalue weighted by Gasteiger charge is -2.11. The molecule has 0 aliphatic heterocycles. The van der Waals surface area contributed by atoms with Crippen LogP contribution in [0.25, 0.3) is 0 Å². The molecule has 0 unspecified atom stereocenters. The van der Waals surface area contributed by atoms with Crippen molar-refractivity contribution in [1.82, 2.24) is 4.98 Å². The zero-order valence-electron chi connectivity index (χ0n) is 15.5. The Morgan fingerprint density at radius 2 is 1.83 bits per heavy atom. The van der Waals surface area contributed by atoms with Gasteiger partial charge in [-0.1, -0.05) is 12.1 Å². The van der Waals surface area contributed by atoms with Crippen molar-refractivity contribution in [2.75, 3.05) is 11.8 Å². The normalized spacial score (nSPS) is 10.9. The Hall–Kier alpha value is -3.59. The van der Waals surface area contributed by atoms with Gasteiger partial charge in [-0.05, 0) is 48.0 Å². The predicted molar refractivity (Wildman–Crippen MR) is 107 cm³/mol. The first-order valence-corrected chi connectivity index (χ1v) is 9.99. The lowest BCUT2D eigenvalue weighted by molar-refractivity contribution is 0.0999. The molecule has 3 N–H and O–H groups in total. The number of nitrogens with one attached hydrogen (secondary N) is 1. The van der Waals surface area contributed by atoms with E-state index in [1.165, 1.54) is 37.7 Å². The molecule has 0 saturated carbocycles. The first-order chi connectivity index (χ1) is 13.9. The zero-order chi connectivity index (χ0) is 20.9. The van der Waals surface area contributed by atoms with Crippen molar-refractivity contribution in [3.63, 3.8) is 0 Å². The van der Waals surface area contributed by atoms with E-state index in [1.807, 2.05) is 0 Å². The molecule has 3 aromatic rings. The lowest BCUT2D eigenvalue weighted by Crippen LogP contribution is -2.13. The molecule has 0 atom stereocenters. The van der Waals surface area contributed by atoms with Crippen LogP contribution in [0.1, 0.15) is 15.9 Å². The Bertz CT molecular complexity index is 1110. The molecule has 1 heterocycles. The molecule has 0 radical (unpaired) electrons. The van der Waals surface area contributed by atoms with Gasteiger partial charge in [0.1, 0.15) is 18.1 Å². The Kier molecular flexibility index (Phi) is 5.99. The van der Waals surface area contributed by atoms with E-state index in [-0.39, 0.29) is 17.1 Å². The van der Waals surface area contributed by atoms with Crippen LogP contribution < -0.4 is 19.9 Å². The third kappa shape index (κ3) is 5.23. The topological polar surface area (TPSA) is 121 Å². The summed E-state index contributed by atoms with van der Waals surface area (Å²) >= 11 is 0. The van der Waals surface area contributed by atoms with Crippen molar-refractivity contribution >= 4 is 21.6 Å². The van der Waals surface area contributed by atoms with Gasteiger partial charge in [0.15, 0.2) is 0 Å². The summed E-state index contributed by atoms with van der Waals surface area (Å²) in [5.41, 5.74) is 6.59. The predicted octanol–water partition coefficient (Wildman–Crippen LogP) is 2.57. The van der Waals surface area contributed by atoms with Crippen LogP contribution in [0.5, 0.6) is 11.5 Å². The Morgan fingerprint density at radius 1 is 1.07 bits per heavy atom. The average Bonchev–Trinajstić information content (AvgIpc) is 2.72. The number of carbonyl (C=O) groups excluding carboxylic acids is 1. The first kappa shape index (κ1) is 20.2. The van der Waals surface area contributed by atoms with Crippen LogP contribution in [0.2, 0.25) is 0 Å². The molecule has 0 bridgehead atoms. The highest BCUT2D eigenvalue weighted by Gasteiger charge is 2.14. The zero-order valence-corrected chi connectivity index (χ0v) is 16.3. The van der Waals surface area contributed by atoms with Crippen LogP contribution in [-0.4, -0.2) is 26.4 Å². The van der Waals surface area contributed by atoms with Gasteiger partial charge in [0.2, 0.25) is 5.91 Å². The average molecular weight is 413 g/mol. The maximum Gasteiger partial charge on any atom is 0.261 e. The minimum absolute atomic E-state index is 0.120. The third-order valence-electron chi connectivity index (χ3n) is 3.95. The van der Waals surface area contributed by atoms with Gasteiger partial charge in [-0.15, -0.1) is 0 Å². The Balaban J connectivity index is 1.70. The van der Waals surface area contributed by atoms with Gasteiger partial charge in [-0.3, -0.25) is 14.5 Å². The highest BCUT2D eigenvalue weighted by atomic mass is 32.2. The maximum atomic E-state index is 12.6. The summed E-state index contributed by atoms with van der Waals surface area (Å²) in [4.78, 5) is 15.2. The summed E-state index contributed by atoms with van der Waals surface area (Å²) in [6, 6.07) is 14.4. The summed E-state index contributed by atoms with van der Waals surface area (Å²) in [5.74, 6) is 0.349. The van der Waals surface area contributed by atoms with Crippen molar-refractivity contribution in [2.24, 2.45) is 5.73 Å². The van der Waals surface area contributed by atoms with Gasteiger partial charge in [0.25, 0.3) is 10.0 Å². The summed E-state index contributed by atoms with van der Waals surface area (Å²) in [6.07, 6.45) is 2.81. The van der Waals surface area contributed by atoms with E-state index < -0.39 is 15.9 Å². The minimum Gasteiger partial charge on any atom is -0.497 e. The summed E-state index contributed by atoms with van der Waals surface area (Å²) in [6.45, 7) is 0.155. The SMILES string of the molecule is COc1ccc(S(=O)(=O)Nc2cccc(COc3cncc(C(N)=O)c3)c2)cc1. The van der Waals surface area contributed by atoms with Gasteiger partial charge >= 0.3 is 0 Å². The number of sulfonamides is 1. The molecule has 150 valence electrons. The van der Waals surface area contributed by atoms with Crippen molar-refractivity contribution in [3.05, 3.63) is 78.1 Å². The van der Waals surface area contributed by atoms with E-state index in [0.717, 1.165) is 5.56 Å². The molecule has 1 amide bonds. The summed E-state index contributed by atoms with van der Waals surface area (Å²) in [5, 5.41) is 0. The number of hydrogen-bond donors (Lipinski definition) is 2. The first-order valence-electron chi connectivity index (χ1n) is 8.51. The molecular formula is C20H19N3O5S. The fourth-order valence-corrected chi connectivity index (χ4v) is 3.54. The molecule has 9 heteroatoms. The van der Waals surface area contributed by atoms with Crippen LogP contribution in [-0.2, 0) is 16.6 Å². The minimum atomic E-state index is -3.75. The molecule has 8 nitrogen and oxygen atoms in total. The maximum absolute atomic E-state index is 12.6. The lowest BCUT2D eigenvalue weighted by atomic mass is 10.2. The van der Waals surface area contributed by atoms with Crippen LogP contribution >= 0.6 is 0 Å². The number of anilines is 1. The second kappa shape index (κ2) is 8.61. The standard InChI is InChI=1S/C20H19N3O5S/c1-27-17-5-7-19(8-6-17)29(25,26)23-16-4-2-3-14(9-16)13-28-18-10-15(20(21)24)11-22-12-18/h2-12,23H,13H2,1H3,(H2,21,24). The Labute approximate surface area is 168 Å². The number of nitrogens with zero attached hydrogens (tertiary/aromatic N) is 1. The van der Waals surface area contributed by atoms with Crippen LogP contribution in [0.15, 0.2) is 71.9 Å². The van der Waals surface area contributed by atoms with E-state index in [0.29, 0.717) is 17.2 Å². The number of pyridine rings is 1. The van der Waals surface area contributed by atoms with Gasteiger partial charge in [-0.25, -0.2) is 8.42 Å². The van der Waals surface area contributed by atoms with Gasteiger partial charge in [-0.2, -0.15) is 0 Å². The number of benzene rings is 2. The van der Waals surface area contributed by atoms with E-state index in [2.05, 4.69) is 9.71 Å². The number of amides is 1. The van der Waals surface area contributed by atoms with Crippen molar-refractivity contribution in [2.45, 2.75) is 11.5 Å². The third-order valence-corrected chi connectivity index (χ3v) is 5.35. The van der Waals surface area contributed by atoms with Crippen LogP contribution in [0.4, 0.5) is 5.69 Å². The number of nitrogens with two attached hydrogens (primary N) is 1. The fourth-order valence-electron chi connectivity index (χ4n) is 2.49. The number of methoxy groups -OCH3 is 1. The largest absolute Gasteiger partial charge is 0.497 e. The van der Waals surface area contributed by atoms with Gasteiger partial charge in [0, 0.05) is 11.9 Å². The molecule has 2 aromatic carbocycles. The second-order valence-corrected chi connectivity index (χ2v) is 7.73. The van der Waals surface area contributed by atoms with Crippen molar-refractivity contribution in [1.29, 1.82) is 0 Å². The van der Waals surface area contributed by atoms with Gasteiger partial charge in [0.05, 0.1) is 23.8 Å². The van der Waals surface area contributed by atoms with E-state index >= 15 is 0 Å². The number of aromatic nitrogens is 1. The highest BCUT2D eigenvalue weighted by Crippen LogP contribution is 2.21. The van der Waals surface area contributed by atoms with E-state index in [9.17, 15) is 13.2 Å². The monoisotopic (exact) mass is 413 g/mol. The second-order valence-electron chi connectivity index (χ2n) is 6.04. The number of hydrogen-bond acceptors (Lipinski definition) is 6. The fraction of sp³-hybridized carbons (Fsp3) is 0.100. The number of rotatable bonds is 8. The Morgan fingerprint density at radius 3 is 2.52 bits per heavy atom. The highest BCUT2D eigenvalue weighted by molar-refractivity contribution is 7.92. The van der Waals surface area contributed by atoms with Crippen molar-refractivity contribution < 1.29 is 22.7 Å². The number of carbonyl (C=O) groups is 1. The molecule has 3 rings (SSSR count). The van der Waals surface area contributed by atoms with Crippen molar-refractivity contribution in [3.8, 4) is 11.5 Å². The summed E-state index contributed by atoms with van der Waals surface area (Å²) in [7, 11) is -2.24. The molecule has 0 spiro atoms. The smallest absolute Gasteiger partial charge is 0.261 e. The molecule has 29 heavy (non-hydrogen) atoms.